The Morgan fingerprint density at radius 1 is 1.44 bits per heavy atom. The summed E-state index contributed by atoms with van der Waals surface area (Å²) in [5.41, 5.74) is 0.109. The standard InChI is InChI=1S/C7H6O2/c1-5-6(8)3-2-4-7(5)9/h2-3H,1,4H2. The third-order valence-corrected chi connectivity index (χ3v) is 1.21. The Morgan fingerprint density at radius 3 is 2.56 bits per heavy atom. The van der Waals surface area contributed by atoms with E-state index in [4.69, 9.17) is 0 Å². The molecule has 0 aromatic heterocycles. The van der Waals surface area contributed by atoms with Crippen LogP contribution >= 0.6 is 0 Å². The van der Waals surface area contributed by atoms with Crippen molar-refractivity contribution in [2.75, 3.05) is 0 Å². The van der Waals surface area contributed by atoms with Gasteiger partial charge in [-0.3, -0.25) is 9.59 Å². The number of carbonyl (C=O) groups is 2. The van der Waals surface area contributed by atoms with Gasteiger partial charge in [0.2, 0.25) is 0 Å². The predicted octanol–water partition coefficient (Wildman–Crippen LogP) is 0.641. The molecule has 0 heterocycles. The van der Waals surface area contributed by atoms with E-state index in [1.165, 1.54) is 6.08 Å². The fourth-order valence-corrected chi connectivity index (χ4v) is 0.634. The van der Waals surface area contributed by atoms with Crippen molar-refractivity contribution in [2.24, 2.45) is 0 Å². The topological polar surface area (TPSA) is 34.1 Å². The van der Waals surface area contributed by atoms with Gasteiger partial charge >= 0.3 is 0 Å². The molecule has 0 radical (unpaired) electrons. The highest BCUT2D eigenvalue weighted by Gasteiger charge is 2.15. The Balaban J connectivity index is 2.94. The Kier molecular flexibility index (Phi) is 1.30. The van der Waals surface area contributed by atoms with Gasteiger partial charge in [-0.05, 0) is 6.08 Å². The summed E-state index contributed by atoms with van der Waals surface area (Å²) < 4.78 is 0. The van der Waals surface area contributed by atoms with E-state index in [2.05, 4.69) is 6.58 Å². The lowest BCUT2D eigenvalue weighted by atomic mass is 10.0. The van der Waals surface area contributed by atoms with Gasteiger partial charge in [0.05, 0.1) is 5.57 Å². The SMILES string of the molecule is C=C1C(=O)C=CCC1=O. The highest BCUT2D eigenvalue weighted by Crippen LogP contribution is 2.06. The van der Waals surface area contributed by atoms with Crippen LogP contribution in [0, 0.1) is 0 Å². The first kappa shape index (κ1) is 5.95. The molecule has 2 nitrogen and oxygen atoms in total. The van der Waals surface area contributed by atoms with Crippen LogP contribution in [0.15, 0.2) is 24.3 Å². The first-order valence-corrected chi connectivity index (χ1v) is 2.65. The van der Waals surface area contributed by atoms with Gasteiger partial charge in [-0.1, -0.05) is 12.7 Å². The van der Waals surface area contributed by atoms with Crippen molar-refractivity contribution in [1.82, 2.24) is 0 Å². The summed E-state index contributed by atoms with van der Waals surface area (Å²) in [5.74, 6) is -0.422. The van der Waals surface area contributed by atoms with Crippen LogP contribution in [-0.2, 0) is 9.59 Å². The van der Waals surface area contributed by atoms with Crippen LogP contribution < -0.4 is 0 Å². The molecule has 0 saturated heterocycles. The number of ketones is 2. The van der Waals surface area contributed by atoms with E-state index in [0.29, 0.717) is 6.42 Å². The Hall–Kier alpha value is -1.18. The van der Waals surface area contributed by atoms with Crippen LogP contribution in [0.2, 0.25) is 0 Å². The minimum atomic E-state index is -0.258. The maximum atomic E-state index is 10.6. The molecule has 0 atom stereocenters. The number of hydrogen-bond donors (Lipinski definition) is 0. The summed E-state index contributed by atoms with van der Waals surface area (Å²) in [6.45, 7) is 3.33. The smallest absolute Gasteiger partial charge is 0.188 e. The molecule has 0 aromatic carbocycles. The Labute approximate surface area is 52.9 Å². The molecule has 0 aromatic rings. The van der Waals surface area contributed by atoms with Gasteiger partial charge in [0, 0.05) is 6.42 Å². The molecule has 0 aliphatic heterocycles. The molecule has 0 N–H and O–H groups in total. The molecule has 0 saturated carbocycles. The van der Waals surface area contributed by atoms with Crippen molar-refractivity contribution in [3.05, 3.63) is 24.3 Å². The summed E-state index contributed by atoms with van der Waals surface area (Å²) in [7, 11) is 0. The Bertz CT molecular complexity index is 211. The maximum Gasteiger partial charge on any atom is 0.188 e. The lowest BCUT2D eigenvalue weighted by Crippen LogP contribution is -2.12. The van der Waals surface area contributed by atoms with Crippen LogP contribution in [0.3, 0.4) is 0 Å². The van der Waals surface area contributed by atoms with E-state index in [1.807, 2.05) is 0 Å². The minimum Gasteiger partial charge on any atom is -0.294 e. The average Bonchev–Trinajstić information content (AvgIpc) is 1.83. The molecule has 9 heavy (non-hydrogen) atoms. The van der Waals surface area contributed by atoms with E-state index in [1.54, 1.807) is 6.08 Å². The van der Waals surface area contributed by atoms with Crippen molar-refractivity contribution in [1.29, 1.82) is 0 Å². The molecular formula is C7H6O2. The molecule has 0 unspecified atom stereocenters. The summed E-state index contributed by atoms with van der Waals surface area (Å²) in [6.07, 6.45) is 3.26. The van der Waals surface area contributed by atoms with Crippen molar-refractivity contribution in [3.63, 3.8) is 0 Å². The van der Waals surface area contributed by atoms with Gasteiger partial charge in [-0.15, -0.1) is 0 Å². The molecule has 1 aliphatic rings. The average molecular weight is 122 g/mol. The highest BCUT2D eigenvalue weighted by molar-refractivity contribution is 6.25. The highest BCUT2D eigenvalue weighted by atomic mass is 16.1. The summed E-state index contributed by atoms with van der Waals surface area (Å²) in [4.78, 5) is 21.2. The van der Waals surface area contributed by atoms with E-state index in [0.717, 1.165) is 0 Å². The lowest BCUT2D eigenvalue weighted by molar-refractivity contribution is -0.119. The van der Waals surface area contributed by atoms with E-state index < -0.39 is 0 Å². The van der Waals surface area contributed by atoms with Crippen molar-refractivity contribution < 1.29 is 9.59 Å². The summed E-state index contributed by atoms with van der Waals surface area (Å²) in [5, 5.41) is 0. The van der Waals surface area contributed by atoms with E-state index in [-0.39, 0.29) is 17.1 Å². The van der Waals surface area contributed by atoms with Gasteiger partial charge in [0.25, 0.3) is 0 Å². The molecule has 46 valence electrons. The van der Waals surface area contributed by atoms with Crippen LogP contribution in [0.5, 0.6) is 0 Å². The second-order valence-electron chi connectivity index (χ2n) is 1.87. The van der Waals surface area contributed by atoms with E-state index >= 15 is 0 Å². The lowest BCUT2D eigenvalue weighted by Gasteiger charge is -2.01. The monoisotopic (exact) mass is 122 g/mol. The number of rotatable bonds is 0. The molecule has 0 spiro atoms. The molecule has 1 aliphatic carbocycles. The number of carbonyl (C=O) groups excluding carboxylic acids is 2. The van der Waals surface area contributed by atoms with Gasteiger partial charge in [-0.25, -0.2) is 0 Å². The minimum absolute atomic E-state index is 0.109. The Morgan fingerprint density at radius 2 is 2.11 bits per heavy atom. The zero-order chi connectivity index (χ0) is 6.85. The third-order valence-electron chi connectivity index (χ3n) is 1.21. The number of hydrogen-bond acceptors (Lipinski definition) is 2. The molecule has 0 bridgehead atoms. The molecular weight excluding hydrogens is 116 g/mol. The van der Waals surface area contributed by atoms with Crippen molar-refractivity contribution in [2.45, 2.75) is 6.42 Å². The number of allylic oxidation sites excluding steroid dienone is 3. The van der Waals surface area contributed by atoms with Gasteiger partial charge in [0.1, 0.15) is 0 Å². The van der Waals surface area contributed by atoms with Crippen LogP contribution in [0.25, 0.3) is 0 Å². The van der Waals surface area contributed by atoms with Crippen LogP contribution in [0.1, 0.15) is 6.42 Å². The fraction of sp³-hybridized carbons (Fsp3) is 0.143. The van der Waals surface area contributed by atoms with E-state index in [9.17, 15) is 9.59 Å². The molecule has 1 rings (SSSR count). The quantitative estimate of drug-likeness (QED) is 0.349. The zero-order valence-corrected chi connectivity index (χ0v) is 4.89. The number of Topliss-reactive ketones (excluding diaryl/α,β-unsaturated/α-hetero) is 1. The second-order valence-corrected chi connectivity index (χ2v) is 1.87. The van der Waals surface area contributed by atoms with Gasteiger partial charge in [-0.2, -0.15) is 0 Å². The zero-order valence-electron chi connectivity index (χ0n) is 4.89. The van der Waals surface area contributed by atoms with Gasteiger partial charge in [0.15, 0.2) is 11.6 Å². The van der Waals surface area contributed by atoms with Crippen molar-refractivity contribution in [3.8, 4) is 0 Å². The largest absolute Gasteiger partial charge is 0.294 e. The third kappa shape index (κ3) is 0.964. The second kappa shape index (κ2) is 1.97. The first-order valence-electron chi connectivity index (χ1n) is 2.65. The fourth-order valence-electron chi connectivity index (χ4n) is 0.634. The maximum absolute atomic E-state index is 10.6. The molecule has 0 fully saturated rings. The molecule has 0 amide bonds. The summed E-state index contributed by atoms with van der Waals surface area (Å²) in [6, 6.07) is 0. The van der Waals surface area contributed by atoms with Crippen LogP contribution in [0.4, 0.5) is 0 Å². The predicted molar refractivity (Wildman–Crippen MR) is 32.9 cm³/mol. The molecule has 2 heteroatoms. The normalized spacial score (nSPS) is 18.9. The first-order chi connectivity index (χ1) is 4.22. The van der Waals surface area contributed by atoms with Crippen LogP contribution in [-0.4, -0.2) is 11.6 Å². The summed E-state index contributed by atoms with van der Waals surface area (Å²) >= 11 is 0. The van der Waals surface area contributed by atoms with Crippen molar-refractivity contribution >= 4 is 11.6 Å². The van der Waals surface area contributed by atoms with Gasteiger partial charge < -0.3 is 0 Å².